The molecule has 0 unspecified atom stereocenters. The first kappa shape index (κ1) is 20.5. The Hall–Kier alpha value is -2.21. The van der Waals surface area contributed by atoms with Crippen LogP contribution in [0.3, 0.4) is 0 Å². The van der Waals surface area contributed by atoms with Crippen LogP contribution in [0.2, 0.25) is 0 Å². The van der Waals surface area contributed by atoms with Gasteiger partial charge in [-0.25, -0.2) is 0 Å². The Morgan fingerprint density at radius 1 is 1.04 bits per heavy atom. The summed E-state index contributed by atoms with van der Waals surface area (Å²) >= 11 is 0.462. The number of ketones is 1. The van der Waals surface area contributed by atoms with Crippen LogP contribution >= 0.6 is 11.8 Å². The number of piperidine rings is 1. The summed E-state index contributed by atoms with van der Waals surface area (Å²) in [6.45, 7) is 5.00. The number of rotatable bonds is 5. The van der Waals surface area contributed by atoms with E-state index in [9.17, 15) is 18.4 Å². The van der Waals surface area contributed by atoms with Gasteiger partial charge in [0.2, 0.25) is 0 Å². The molecule has 0 aromatic heterocycles. The zero-order chi connectivity index (χ0) is 20.3. The first-order valence-corrected chi connectivity index (χ1v) is 10.2. The van der Waals surface area contributed by atoms with Crippen molar-refractivity contribution in [3.8, 4) is 0 Å². The molecule has 0 atom stereocenters. The van der Waals surface area contributed by atoms with Gasteiger partial charge < -0.3 is 4.90 Å². The lowest BCUT2D eigenvalue weighted by atomic mass is 9.87. The molecule has 0 radical (unpaired) electrons. The summed E-state index contributed by atoms with van der Waals surface area (Å²) in [6.07, 6.45) is 1.27. The van der Waals surface area contributed by atoms with E-state index in [1.165, 1.54) is 0 Å². The van der Waals surface area contributed by atoms with Crippen LogP contribution in [-0.4, -0.2) is 35.4 Å². The average Bonchev–Trinajstić information content (AvgIpc) is 2.67. The van der Waals surface area contributed by atoms with E-state index in [1.807, 2.05) is 32.0 Å². The number of carbonyl (C=O) groups is 2. The minimum Gasteiger partial charge on any atom is -0.339 e. The molecule has 1 aliphatic rings. The van der Waals surface area contributed by atoms with Crippen molar-refractivity contribution in [1.29, 1.82) is 0 Å². The van der Waals surface area contributed by atoms with Crippen molar-refractivity contribution >= 4 is 23.5 Å². The lowest BCUT2D eigenvalue weighted by molar-refractivity contribution is 0.0650. The first-order chi connectivity index (χ1) is 13.3. The summed E-state index contributed by atoms with van der Waals surface area (Å²) < 4.78 is 24.8. The van der Waals surface area contributed by atoms with Crippen LogP contribution in [0, 0.1) is 19.8 Å². The topological polar surface area (TPSA) is 37.4 Å². The fraction of sp³-hybridized carbons (Fsp3) is 0.364. The molecule has 1 aliphatic heterocycles. The largest absolute Gasteiger partial charge is 0.339 e. The van der Waals surface area contributed by atoms with Crippen molar-refractivity contribution in [1.82, 2.24) is 4.90 Å². The van der Waals surface area contributed by atoms with Crippen LogP contribution in [0.5, 0.6) is 0 Å². The van der Waals surface area contributed by atoms with E-state index in [1.54, 1.807) is 29.2 Å². The molecular weight excluding hydrogens is 380 g/mol. The monoisotopic (exact) mass is 403 g/mol. The second-order valence-corrected chi connectivity index (χ2v) is 8.22. The summed E-state index contributed by atoms with van der Waals surface area (Å²) in [6, 6.07) is 12.1. The molecule has 3 rings (SSSR count). The molecular formula is C22H23F2NO2S. The SMILES string of the molecule is Cc1ccc(C(=O)C2CCN(C(=O)c3ccc(SC(F)F)cc3)CC2)c(C)c1. The van der Waals surface area contributed by atoms with Crippen LogP contribution < -0.4 is 0 Å². The van der Waals surface area contributed by atoms with Gasteiger partial charge in [0, 0.05) is 35.0 Å². The summed E-state index contributed by atoms with van der Waals surface area (Å²) in [7, 11) is 0. The number of hydrogen-bond donors (Lipinski definition) is 0. The maximum Gasteiger partial charge on any atom is 0.288 e. The lowest BCUT2D eigenvalue weighted by Gasteiger charge is -2.31. The Morgan fingerprint density at radius 2 is 1.68 bits per heavy atom. The lowest BCUT2D eigenvalue weighted by Crippen LogP contribution is -2.40. The van der Waals surface area contributed by atoms with Crippen LogP contribution in [0.4, 0.5) is 8.78 Å². The highest BCUT2D eigenvalue weighted by atomic mass is 32.2. The van der Waals surface area contributed by atoms with Crippen molar-refractivity contribution in [3.63, 3.8) is 0 Å². The first-order valence-electron chi connectivity index (χ1n) is 9.31. The molecule has 6 heteroatoms. The molecule has 2 aromatic carbocycles. The average molecular weight is 403 g/mol. The number of amides is 1. The Labute approximate surface area is 168 Å². The highest BCUT2D eigenvalue weighted by Crippen LogP contribution is 2.27. The molecule has 2 aromatic rings. The zero-order valence-corrected chi connectivity index (χ0v) is 16.8. The van der Waals surface area contributed by atoms with Gasteiger partial charge in [-0.15, -0.1) is 0 Å². The van der Waals surface area contributed by atoms with E-state index >= 15 is 0 Å². The van der Waals surface area contributed by atoms with E-state index in [4.69, 9.17) is 0 Å². The Morgan fingerprint density at radius 3 is 2.25 bits per heavy atom. The standard InChI is InChI=1S/C22H23F2NO2S/c1-14-3-8-19(15(2)13-14)20(26)16-9-11-25(12-10-16)21(27)17-4-6-18(7-5-17)28-22(23)24/h3-8,13,16,22H,9-12H2,1-2H3. The van der Waals surface area contributed by atoms with Gasteiger partial charge >= 0.3 is 0 Å². The van der Waals surface area contributed by atoms with Crippen LogP contribution in [0.25, 0.3) is 0 Å². The Bertz CT molecular complexity index is 859. The van der Waals surface area contributed by atoms with Gasteiger partial charge in [-0.3, -0.25) is 9.59 Å². The molecule has 3 nitrogen and oxygen atoms in total. The Balaban J connectivity index is 1.60. The number of halogens is 2. The predicted octanol–water partition coefficient (Wildman–Crippen LogP) is 5.35. The van der Waals surface area contributed by atoms with Gasteiger partial charge in [-0.2, -0.15) is 8.78 Å². The molecule has 28 heavy (non-hydrogen) atoms. The summed E-state index contributed by atoms with van der Waals surface area (Å²) in [5.74, 6) is -2.52. The van der Waals surface area contributed by atoms with Gasteiger partial charge in [0.15, 0.2) is 5.78 Å². The quantitative estimate of drug-likeness (QED) is 0.499. The number of likely N-dealkylation sites (tertiary alicyclic amines) is 1. The highest BCUT2D eigenvalue weighted by molar-refractivity contribution is 7.99. The molecule has 0 aliphatic carbocycles. The normalized spacial score (nSPS) is 15.1. The van der Waals surface area contributed by atoms with Crippen molar-refractivity contribution < 1.29 is 18.4 Å². The fourth-order valence-electron chi connectivity index (χ4n) is 3.62. The Kier molecular flexibility index (Phi) is 6.50. The summed E-state index contributed by atoms with van der Waals surface area (Å²) in [4.78, 5) is 27.7. The van der Waals surface area contributed by atoms with Crippen molar-refractivity contribution in [2.75, 3.05) is 13.1 Å². The third kappa shape index (κ3) is 4.79. The van der Waals surface area contributed by atoms with Gasteiger partial charge in [0.1, 0.15) is 0 Å². The number of aryl methyl sites for hydroxylation is 2. The zero-order valence-electron chi connectivity index (χ0n) is 16.0. The molecule has 1 fully saturated rings. The summed E-state index contributed by atoms with van der Waals surface area (Å²) in [5, 5.41) is 0. The minimum atomic E-state index is -2.48. The third-order valence-electron chi connectivity index (χ3n) is 5.13. The molecule has 1 amide bonds. The van der Waals surface area contributed by atoms with Gasteiger partial charge in [0.05, 0.1) is 0 Å². The number of carbonyl (C=O) groups excluding carboxylic acids is 2. The van der Waals surface area contributed by atoms with E-state index in [-0.39, 0.29) is 17.6 Å². The number of benzene rings is 2. The van der Waals surface area contributed by atoms with E-state index in [0.717, 1.165) is 16.7 Å². The smallest absolute Gasteiger partial charge is 0.288 e. The van der Waals surface area contributed by atoms with Gasteiger partial charge in [0.25, 0.3) is 11.7 Å². The van der Waals surface area contributed by atoms with Crippen molar-refractivity contribution in [3.05, 3.63) is 64.7 Å². The second kappa shape index (κ2) is 8.86. The number of thioether (sulfide) groups is 1. The van der Waals surface area contributed by atoms with Crippen LogP contribution in [0.15, 0.2) is 47.4 Å². The molecule has 148 valence electrons. The van der Waals surface area contributed by atoms with E-state index in [2.05, 4.69) is 0 Å². The van der Waals surface area contributed by atoms with Gasteiger partial charge in [-0.05, 0) is 56.5 Å². The molecule has 0 spiro atoms. The predicted molar refractivity (Wildman–Crippen MR) is 107 cm³/mol. The maximum atomic E-state index is 12.8. The molecule has 1 heterocycles. The van der Waals surface area contributed by atoms with Crippen LogP contribution in [-0.2, 0) is 0 Å². The molecule has 0 N–H and O–H groups in total. The van der Waals surface area contributed by atoms with E-state index < -0.39 is 5.76 Å². The third-order valence-corrected chi connectivity index (χ3v) is 5.85. The van der Waals surface area contributed by atoms with E-state index in [0.29, 0.717) is 48.2 Å². The highest BCUT2D eigenvalue weighted by Gasteiger charge is 2.29. The fourth-order valence-corrected chi connectivity index (χ4v) is 4.12. The molecule has 0 saturated carbocycles. The number of alkyl halides is 2. The second-order valence-electron chi connectivity index (χ2n) is 7.15. The minimum absolute atomic E-state index is 0.0738. The van der Waals surface area contributed by atoms with Crippen molar-refractivity contribution in [2.45, 2.75) is 37.3 Å². The van der Waals surface area contributed by atoms with Crippen molar-refractivity contribution in [2.24, 2.45) is 5.92 Å². The molecule has 1 saturated heterocycles. The number of nitrogens with zero attached hydrogens (tertiary/aromatic N) is 1. The van der Waals surface area contributed by atoms with Crippen LogP contribution in [0.1, 0.15) is 44.7 Å². The number of Topliss-reactive ketones (excluding diaryl/α,β-unsaturated/α-hetero) is 1. The van der Waals surface area contributed by atoms with Gasteiger partial charge in [-0.1, -0.05) is 35.5 Å². The number of hydrogen-bond acceptors (Lipinski definition) is 3. The molecule has 0 bridgehead atoms. The maximum absolute atomic E-state index is 12.8. The summed E-state index contributed by atoms with van der Waals surface area (Å²) in [5.41, 5.74) is 3.37.